The Balaban J connectivity index is 1.76. The predicted octanol–water partition coefficient (Wildman–Crippen LogP) is 2.23. The molecule has 2 aliphatic heterocycles. The second-order valence-electron chi connectivity index (χ2n) is 6.58. The van der Waals surface area contributed by atoms with Crippen molar-refractivity contribution in [2.24, 2.45) is 0 Å². The van der Waals surface area contributed by atoms with E-state index in [1.165, 1.54) is 4.31 Å². The number of sulfonamides is 1. The van der Waals surface area contributed by atoms with Crippen LogP contribution in [-0.2, 0) is 14.8 Å². The Morgan fingerprint density at radius 1 is 1.12 bits per heavy atom. The van der Waals surface area contributed by atoms with Gasteiger partial charge in [-0.1, -0.05) is 6.42 Å². The molecule has 0 N–H and O–H groups in total. The predicted molar refractivity (Wildman–Crippen MR) is 89.8 cm³/mol. The van der Waals surface area contributed by atoms with E-state index in [0.717, 1.165) is 57.1 Å². The Bertz CT molecular complexity index is 693. The van der Waals surface area contributed by atoms with E-state index in [4.69, 9.17) is 4.74 Å². The third kappa shape index (κ3) is 4.36. The molecule has 1 unspecified atom stereocenters. The third-order valence-corrected chi connectivity index (χ3v) is 6.90. The van der Waals surface area contributed by atoms with E-state index >= 15 is 0 Å². The molecule has 8 heteroatoms. The molecule has 0 spiro atoms. The van der Waals surface area contributed by atoms with Gasteiger partial charge in [-0.3, -0.25) is 4.90 Å². The molecule has 0 amide bonds. The highest BCUT2D eigenvalue weighted by Crippen LogP contribution is 2.29. The van der Waals surface area contributed by atoms with Gasteiger partial charge >= 0.3 is 0 Å². The second-order valence-corrected chi connectivity index (χ2v) is 8.44. The second kappa shape index (κ2) is 8.07. The van der Waals surface area contributed by atoms with Gasteiger partial charge in [-0.05, 0) is 44.0 Å². The summed E-state index contributed by atoms with van der Waals surface area (Å²) < 4.78 is 60.0. The number of rotatable bonds is 5. The van der Waals surface area contributed by atoms with Crippen molar-refractivity contribution in [3.05, 3.63) is 29.8 Å². The Hall–Kier alpha value is -1.09. The lowest BCUT2D eigenvalue weighted by molar-refractivity contribution is 0.0340. The van der Waals surface area contributed by atoms with Crippen LogP contribution in [0.3, 0.4) is 0 Å². The highest BCUT2D eigenvalue weighted by molar-refractivity contribution is 7.89. The molecule has 1 atom stereocenters. The van der Waals surface area contributed by atoms with Crippen LogP contribution in [0.1, 0.15) is 25.7 Å². The molecule has 0 aliphatic carbocycles. The van der Waals surface area contributed by atoms with Crippen molar-refractivity contribution in [3.8, 4) is 0 Å². The first-order valence-electron chi connectivity index (χ1n) is 8.75. The Kier molecular flexibility index (Phi) is 6.04. The quantitative estimate of drug-likeness (QED) is 0.793. The minimum Gasteiger partial charge on any atom is -0.379 e. The van der Waals surface area contributed by atoms with Crippen molar-refractivity contribution in [3.63, 3.8) is 0 Å². The molecular weight excluding hydrogens is 350 g/mol. The van der Waals surface area contributed by atoms with Crippen LogP contribution in [0, 0.1) is 11.6 Å². The summed E-state index contributed by atoms with van der Waals surface area (Å²) in [6, 6.07) is 2.40. The zero-order valence-corrected chi connectivity index (χ0v) is 15.0. The van der Waals surface area contributed by atoms with E-state index in [1.54, 1.807) is 0 Å². The molecule has 1 aromatic rings. The fourth-order valence-corrected chi connectivity index (χ4v) is 5.34. The molecule has 0 aromatic heterocycles. The fourth-order valence-electron chi connectivity index (χ4n) is 3.54. The normalized spacial score (nSPS) is 23.7. The van der Waals surface area contributed by atoms with Gasteiger partial charge in [0.15, 0.2) is 0 Å². The van der Waals surface area contributed by atoms with Crippen LogP contribution in [0.4, 0.5) is 8.78 Å². The molecular formula is C17H24F2N2O3S. The van der Waals surface area contributed by atoms with E-state index in [-0.39, 0.29) is 6.04 Å². The number of morpholine rings is 1. The van der Waals surface area contributed by atoms with Crippen molar-refractivity contribution in [2.75, 3.05) is 39.4 Å². The van der Waals surface area contributed by atoms with Crippen molar-refractivity contribution < 1.29 is 21.9 Å². The molecule has 0 radical (unpaired) electrons. The van der Waals surface area contributed by atoms with Gasteiger partial charge in [0.05, 0.1) is 13.2 Å². The van der Waals surface area contributed by atoms with Gasteiger partial charge in [-0.15, -0.1) is 0 Å². The first kappa shape index (κ1) is 18.7. The maximum absolute atomic E-state index is 14.0. The summed E-state index contributed by atoms with van der Waals surface area (Å²) in [5.74, 6) is -1.65. The zero-order valence-electron chi connectivity index (χ0n) is 14.2. The number of piperidine rings is 1. The number of ether oxygens (including phenoxy) is 1. The van der Waals surface area contributed by atoms with E-state index < -0.39 is 26.6 Å². The Morgan fingerprint density at radius 3 is 2.64 bits per heavy atom. The van der Waals surface area contributed by atoms with Crippen molar-refractivity contribution in [2.45, 2.75) is 36.6 Å². The lowest BCUT2D eigenvalue weighted by Crippen LogP contribution is -2.46. The fraction of sp³-hybridized carbons (Fsp3) is 0.647. The summed E-state index contributed by atoms with van der Waals surface area (Å²) in [7, 11) is -4.04. The number of nitrogens with zero attached hydrogens (tertiary/aromatic N) is 2. The van der Waals surface area contributed by atoms with Crippen LogP contribution in [0.2, 0.25) is 0 Å². The Morgan fingerprint density at radius 2 is 1.88 bits per heavy atom. The number of benzene rings is 1. The van der Waals surface area contributed by atoms with Crippen LogP contribution in [0.25, 0.3) is 0 Å². The number of hydrogen-bond acceptors (Lipinski definition) is 4. The average Bonchev–Trinajstić information content (AvgIpc) is 2.63. The molecule has 1 aromatic carbocycles. The first-order valence-corrected chi connectivity index (χ1v) is 10.2. The SMILES string of the molecule is O=S(=O)(c1cc(F)ccc1F)N1CCCCC1CCN1CCOCC1. The molecule has 5 nitrogen and oxygen atoms in total. The maximum Gasteiger partial charge on any atom is 0.246 e. The van der Waals surface area contributed by atoms with E-state index in [0.29, 0.717) is 26.2 Å². The van der Waals surface area contributed by atoms with Gasteiger partial charge in [-0.2, -0.15) is 4.31 Å². The van der Waals surface area contributed by atoms with Crippen LogP contribution in [0.15, 0.2) is 23.1 Å². The summed E-state index contributed by atoms with van der Waals surface area (Å²) in [4.78, 5) is 1.69. The monoisotopic (exact) mass is 374 g/mol. The standard InChI is InChI=1S/C17H24F2N2O3S/c18-14-4-5-16(19)17(13-14)25(22,23)21-7-2-1-3-15(21)6-8-20-9-11-24-12-10-20/h4-5,13,15H,1-3,6-12H2. The van der Waals surface area contributed by atoms with Crippen LogP contribution >= 0.6 is 0 Å². The zero-order chi connectivity index (χ0) is 17.9. The lowest BCUT2D eigenvalue weighted by Gasteiger charge is -2.36. The summed E-state index contributed by atoms with van der Waals surface area (Å²) in [5, 5.41) is 0. The molecule has 0 saturated carbocycles. The smallest absolute Gasteiger partial charge is 0.246 e. The van der Waals surface area contributed by atoms with Gasteiger partial charge in [0.1, 0.15) is 16.5 Å². The molecule has 2 saturated heterocycles. The summed E-state index contributed by atoms with van der Waals surface area (Å²) in [6.07, 6.45) is 3.13. The van der Waals surface area contributed by atoms with Crippen LogP contribution < -0.4 is 0 Å². The van der Waals surface area contributed by atoms with Crippen LogP contribution in [0.5, 0.6) is 0 Å². The number of halogens is 2. The molecule has 2 heterocycles. The maximum atomic E-state index is 14.0. The Labute approximate surface area is 147 Å². The van der Waals surface area contributed by atoms with Gasteiger partial charge in [-0.25, -0.2) is 17.2 Å². The molecule has 2 fully saturated rings. The first-order chi connectivity index (χ1) is 12.0. The largest absolute Gasteiger partial charge is 0.379 e. The van der Waals surface area contributed by atoms with Crippen LogP contribution in [-0.4, -0.2) is 63.1 Å². The minimum absolute atomic E-state index is 0.177. The molecule has 140 valence electrons. The van der Waals surface area contributed by atoms with Gasteiger partial charge in [0.2, 0.25) is 10.0 Å². The van der Waals surface area contributed by atoms with Gasteiger partial charge in [0, 0.05) is 25.7 Å². The van der Waals surface area contributed by atoms with Gasteiger partial charge < -0.3 is 4.74 Å². The average molecular weight is 374 g/mol. The topological polar surface area (TPSA) is 49.9 Å². The van der Waals surface area contributed by atoms with Crippen molar-refractivity contribution >= 4 is 10.0 Å². The lowest BCUT2D eigenvalue weighted by atomic mass is 10.0. The molecule has 25 heavy (non-hydrogen) atoms. The molecule has 0 bridgehead atoms. The summed E-state index contributed by atoms with van der Waals surface area (Å²) >= 11 is 0. The van der Waals surface area contributed by atoms with Crippen molar-refractivity contribution in [1.82, 2.24) is 9.21 Å². The summed E-state index contributed by atoms with van der Waals surface area (Å²) in [6.45, 7) is 4.22. The third-order valence-electron chi connectivity index (χ3n) is 4.94. The highest BCUT2D eigenvalue weighted by Gasteiger charge is 2.35. The van der Waals surface area contributed by atoms with E-state index in [1.807, 2.05) is 0 Å². The van der Waals surface area contributed by atoms with Crippen molar-refractivity contribution in [1.29, 1.82) is 0 Å². The molecule has 2 aliphatic rings. The molecule has 3 rings (SSSR count). The van der Waals surface area contributed by atoms with Gasteiger partial charge in [0.25, 0.3) is 0 Å². The highest BCUT2D eigenvalue weighted by atomic mass is 32.2. The minimum atomic E-state index is -4.04. The van der Waals surface area contributed by atoms with E-state index in [2.05, 4.69) is 4.90 Å². The summed E-state index contributed by atoms with van der Waals surface area (Å²) in [5.41, 5.74) is 0. The van der Waals surface area contributed by atoms with E-state index in [9.17, 15) is 17.2 Å². The number of hydrogen-bond donors (Lipinski definition) is 0.